The van der Waals surface area contributed by atoms with Gasteiger partial charge in [0, 0.05) is 0 Å². The average Bonchev–Trinajstić information content (AvgIpc) is 2.06. The maximum atomic E-state index is 10.4. The number of unbranched alkanes of at least 4 members (excludes halogenated alkanes) is 1. The van der Waals surface area contributed by atoms with Gasteiger partial charge in [0.2, 0.25) is 0 Å². The monoisotopic (exact) mass is 279 g/mol. The van der Waals surface area contributed by atoms with E-state index in [2.05, 4.69) is 5.32 Å². The van der Waals surface area contributed by atoms with Gasteiger partial charge in [-0.1, -0.05) is 0 Å². The third-order valence-electron chi connectivity index (χ3n) is 2.01. The molecular formula is C8H22LiNO5SSi. The minimum Gasteiger partial charge on any atom is -1.00 e. The number of hydrogen-bond acceptors (Lipinski definition) is 5. The van der Waals surface area contributed by atoms with Crippen molar-refractivity contribution in [2.75, 3.05) is 18.8 Å². The SMILES string of the molecule is C[Si](O)(O)CCCNCCCCS(=O)(=O)O.[H-].[Li+]. The van der Waals surface area contributed by atoms with Crippen molar-refractivity contribution in [1.82, 2.24) is 5.32 Å². The summed E-state index contributed by atoms with van der Waals surface area (Å²) in [5.41, 5.74) is 0. The molecule has 0 aromatic heterocycles. The van der Waals surface area contributed by atoms with E-state index in [-0.39, 0.29) is 26.0 Å². The van der Waals surface area contributed by atoms with E-state index in [4.69, 9.17) is 14.1 Å². The first-order valence-electron chi connectivity index (χ1n) is 5.31. The molecule has 0 atom stereocenters. The van der Waals surface area contributed by atoms with Crippen molar-refractivity contribution in [3.63, 3.8) is 0 Å². The first kappa shape index (κ1) is 19.9. The summed E-state index contributed by atoms with van der Waals surface area (Å²) >= 11 is 0. The molecule has 0 aromatic carbocycles. The van der Waals surface area contributed by atoms with E-state index in [1.54, 1.807) is 0 Å². The Kier molecular flexibility index (Phi) is 11.2. The Hall–Kier alpha value is 0.604. The molecule has 0 bridgehead atoms. The van der Waals surface area contributed by atoms with Crippen LogP contribution in [-0.2, 0) is 10.1 Å². The second kappa shape index (κ2) is 9.52. The van der Waals surface area contributed by atoms with Crippen LogP contribution >= 0.6 is 0 Å². The zero-order valence-electron chi connectivity index (χ0n) is 11.5. The fourth-order valence-corrected chi connectivity index (χ4v) is 2.62. The third-order valence-corrected chi connectivity index (χ3v) is 4.12. The average molecular weight is 279 g/mol. The molecule has 0 aromatic rings. The van der Waals surface area contributed by atoms with Gasteiger partial charge in [-0.05, 0) is 44.9 Å². The second-order valence-corrected chi connectivity index (χ2v) is 8.57. The second-order valence-electron chi connectivity index (χ2n) is 4.06. The van der Waals surface area contributed by atoms with Gasteiger partial charge in [-0.3, -0.25) is 4.55 Å². The van der Waals surface area contributed by atoms with Gasteiger partial charge in [-0.15, -0.1) is 0 Å². The van der Waals surface area contributed by atoms with Crippen molar-refractivity contribution in [2.24, 2.45) is 0 Å². The molecule has 0 aliphatic heterocycles. The van der Waals surface area contributed by atoms with Crippen LogP contribution in [-0.4, -0.2) is 50.0 Å². The largest absolute Gasteiger partial charge is 1.00 e. The summed E-state index contributed by atoms with van der Waals surface area (Å²) in [6.07, 6.45) is 1.80. The van der Waals surface area contributed by atoms with Crippen molar-refractivity contribution < 1.29 is 42.8 Å². The van der Waals surface area contributed by atoms with Gasteiger partial charge < -0.3 is 16.3 Å². The van der Waals surface area contributed by atoms with Crippen LogP contribution in [0.5, 0.6) is 0 Å². The van der Waals surface area contributed by atoms with Crippen LogP contribution in [0, 0.1) is 0 Å². The van der Waals surface area contributed by atoms with E-state index in [0.29, 0.717) is 38.4 Å². The predicted octanol–water partition coefficient (Wildman–Crippen LogP) is -3.19. The maximum absolute atomic E-state index is 10.4. The van der Waals surface area contributed by atoms with Crippen LogP contribution in [0.4, 0.5) is 0 Å². The first-order valence-corrected chi connectivity index (χ1v) is 9.52. The van der Waals surface area contributed by atoms with Crippen LogP contribution < -0.4 is 24.2 Å². The number of nitrogens with one attached hydrogen (secondary N) is 1. The van der Waals surface area contributed by atoms with Gasteiger partial charge >= 0.3 is 27.4 Å². The Morgan fingerprint density at radius 3 is 2.18 bits per heavy atom. The smallest absolute Gasteiger partial charge is 1.00 e. The summed E-state index contributed by atoms with van der Waals surface area (Å²) in [6.45, 7) is 2.83. The van der Waals surface area contributed by atoms with Crippen LogP contribution in [0.2, 0.25) is 12.6 Å². The fraction of sp³-hybridized carbons (Fsp3) is 1.00. The van der Waals surface area contributed by atoms with Crippen LogP contribution in [0.1, 0.15) is 20.7 Å². The molecule has 0 rings (SSSR count). The van der Waals surface area contributed by atoms with Crippen molar-refractivity contribution in [2.45, 2.75) is 31.9 Å². The van der Waals surface area contributed by atoms with E-state index >= 15 is 0 Å². The Bertz CT molecular complexity index is 286. The fourth-order valence-electron chi connectivity index (χ4n) is 1.21. The molecule has 4 N–H and O–H groups in total. The summed E-state index contributed by atoms with van der Waals surface area (Å²) in [5, 5.41) is 3.07. The Labute approximate surface area is 117 Å². The summed E-state index contributed by atoms with van der Waals surface area (Å²) in [6, 6.07) is 0.436. The first-order chi connectivity index (χ1) is 7.21. The number of rotatable bonds is 9. The van der Waals surface area contributed by atoms with E-state index in [9.17, 15) is 8.42 Å². The summed E-state index contributed by atoms with van der Waals surface area (Å²) in [5.74, 6) is -0.201. The van der Waals surface area contributed by atoms with Crippen LogP contribution in [0.3, 0.4) is 0 Å². The zero-order valence-corrected chi connectivity index (χ0v) is 12.3. The molecular weight excluding hydrogens is 257 g/mol. The molecule has 0 unspecified atom stereocenters. The van der Waals surface area contributed by atoms with E-state index in [0.717, 1.165) is 0 Å². The molecule has 0 radical (unpaired) electrons. The molecule has 100 valence electrons. The Morgan fingerprint density at radius 2 is 1.71 bits per heavy atom. The minimum absolute atomic E-state index is 0. The zero-order chi connectivity index (χ0) is 12.7. The molecule has 9 heteroatoms. The van der Waals surface area contributed by atoms with Gasteiger partial charge in [0.1, 0.15) is 0 Å². The molecule has 6 nitrogen and oxygen atoms in total. The van der Waals surface area contributed by atoms with E-state index in [1.165, 1.54) is 6.55 Å². The van der Waals surface area contributed by atoms with Crippen LogP contribution in [0.15, 0.2) is 0 Å². The topological polar surface area (TPSA) is 107 Å². The van der Waals surface area contributed by atoms with E-state index in [1.807, 2.05) is 0 Å². The molecule has 0 spiro atoms. The van der Waals surface area contributed by atoms with Gasteiger partial charge in [0.15, 0.2) is 0 Å². The molecule has 0 fully saturated rings. The van der Waals surface area contributed by atoms with Crippen LogP contribution in [0.25, 0.3) is 0 Å². The quantitative estimate of drug-likeness (QED) is 0.201. The maximum Gasteiger partial charge on any atom is 1.00 e. The molecule has 0 heterocycles. The summed E-state index contributed by atoms with van der Waals surface area (Å²) in [4.78, 5) is 18.2. The molecule has 0 aliphatic carbocycles. The standard InChI is InChI=1S/C8H21NO5SSi.Li.H/c1-16(13,14)8-4-6-9-5-2-3-7-15(10,11)12;;/h9,13-14H,2-8H2,1H3,(H,10,11,12);;/q;+1;-1. The van der Waals surface area contributed by atoms with Gasteiger partial charge in [0.25, 0.3) is 10.1 Å². The number of hydrogen-bond donors (Lipinski definition) is 4. The third kappa shape index (κ3) is 19.1. The van der Waals surface area contributed by atoms with Crippen molar-refractivity contribution in [3.8, 4) is 0 Å². The molecule has 0 amide bonds. The Morgan fingerprint density at radius 1 is 1.18 bits per heavy atom. The predicted molar refractivity (Wildman–Crippen MR) is 65.1 cm³/mol. The van der Waals surface area contributed by atoms with Gasteiger partial charge in [-0.25, -0.2) is 0 Å². The molecule has 0 saturated heterocycles. The van der Waals surface area contributed by atoms with Gasteiger partial charge in [0.05, 0.1) is 5.75 Å². The minimum atomic E-state index is -3.83. The van der Waals surface area contributed by atoms with Gasteiger partial charge in [-0.2, -0.15) is 8.42 Å². The van der Waals surface area contributed by atoms with E-state index < -0.39 is 18.7 Å². The molecule has 0 saturated carbocycles. The Balaban J connectivity index is -0.00000112. The van der Waals surface area contributed by atoms with Crippen molar-refractivity contribution in [1.29, 1.82) is 0 Å². The normalized spacial score (nSPS) is 12.2. The van der Waals surface area contributed by atoms with Crippen molar-refractivity contribution in [3.05, 3.63) is 0 Å². The molecule has 0 aliphatic rings. The summed E-state index contributed by atoms with van der Waals surface area (Å²) < 4.78 is 29.2. The molecule has 17 heavy (non-hydrogen) atoms. The van der Waals surface area contributed by atoms with Crippen molar-refractivity contribution >= 4 is 18.7 Å². The summed E-state index contributed by atoms with van der Waals surface area (Å²) in [7, 11) is -6.74.